The van der Waals surface area contributed by atoms with Crippen molar-refractivity contribution >= 4 is 27.7 Å². The number of nitrogens with zero attached hydrogens (tertiary/aromatic N) is 3. The normalized spacial score (nSPS) is 12.3. The zero-order valence-corrected chi connectivity index (χ0v) is 23.0. The van der Waals surface area contributed by atoms with Gasteiger partial charge in [0.15, 0.2) is 5.82 Å². The van der Waals surface area contributed by atoms with Crippen molar-refractivity contribution in [1.82, 2.24) is 40.8 Å². The summed E-state index contributed by atoms with van der Waals surface area (Å²) in [4.78, 5) is 28.4. The number of rotatable bonds is 10. The van der Waals surface area contributed by atoms with Crippen LogP contribution in [0, 0.1) is 6.92 Å². The van der Waals surface area contributed by atoms with E-state index in [4.69, 9.17) is 0 Å². The number of aromatic nitrogens is 6. The Morgan fingerprint density at radius 2 is 1.93 bits per heavy atom. The van der Waals surface area contributed by atoms with E-state index in [2.05, 4.69) is 66.7 Å². The molecule has 0 aliphatic rings. The van der Waals surface area contributed by atoms with Crippen LogP contribution in [-0.4, -0.2) is 60.3 Å². The van der Waals surface area contributed by atoms with Crippen molar-refractivity contribution in [2.45, 2.75) is 32.9 Å². The molecule has 4 heterocycles. The van der Waals surface area contributed by atoms with Gasteiger partial charge in [0.1, 0.15) is 11.4 Å². The van der Waals surface area contributed by atoms with Gasteiger partial charge in [-0.15, -0.1) is 0 Å². The standard InChI is InChI=1S/C31H32N8O2/c1-3-32-12-21-13-33-15-25(18(21)2)19-8-9-27-24(11-19)29(39-38-27)30-35-16-28(37-30)31(41)36-22(17-40)10-20-14-34-26-7-5-4-6-23(20)26/h4-9,11,13-16,22,32,34,40H,3,10,12,17H2,1-2H3,(H,35,37)(H,36,41)(H,38,39)/t22-/m0/s1. The van der Waals surface area contributed by atoms with E-state index in [0.717, 1.165) is 57.1 Å². The van der Waals surface area contributed by atoms with E-state index in [9.17, 15) is 9.90 Å². The molecule has 10 heteroatoms. The molecule has 0 fully saturated rings. The van der Waals surface area contributed by atoms with Crippen molar-refractivity contribution < 1.29 is 9.90 Å². The van der Waals surface area contributed by atoms with Gasteiger partial charge in [0.2, 0.25) is 0 Å². The third-order valence-corrected chi connectivity index (χ3v) is 7.50. The van der Waals surface area contributed by atoms with Crippen LogP contribution in [0.1, 0.15) is 34.1 Å². The van der Waals surface area contributed by atoms with Crippen molar-refractivity contribution in [2.24, 2.45) is 0 Å². The van der Waals surface area contributed by atoms with Crippen LogP contribution in [0.5, 0.6) is 0 Å². The molecule has 0 saturated heterocycles. The van der Waals surface area contributed by atoms with Gasteiger partial charge in [-0.05, 0) is 60.3 Å². The molecule has 0 aliphatic heterocycles. The highest BCUT2D eigenvalue weighted by Crippen LogP contribution is 2.31. The number of imidazole rings is 1. The Labute approximate surface area is 236 Å². The van der Waals surface area contributed by atoms with Crippen LogP contribution in [0.2, 0.25) is 0 Å². The zero-order valence-electron chi connectivity index (χ0n) is 23.0. The van der Waals surface area contributed by atoms with Gasteiger partial charge in [0, 0.05) is 47.0 Å². The first kappa shape index (κ1) is 26.4. The highest BCUT2D eigenvalue weighted by molar-refractivity contribution is 5.96. The maximum atomic E-state index is 13.1. The summed E-state index contributed by atoms with van der Waals surface area (Å²) >= 11 is 0. The fourth-order valence-electron chi connectivity index (χ4n) is 5.21. The first-order chi connectivity index (χ1) is 20.1. The number of para-hydroxylation sites is 1. The van der Waals surface area contributed by atoms with E-state index in [0.29, 0.717) is 23.6 Å². The van der Waals surface area contributed by atoms with E-state index in [1.54, 1.807) is 0 Å². The number of hydrogen-bond acceptors (Lipinski definition) is 6. The average Bonchev–Trinajstić information content (AvgIpc) is 3.74. The van der Waals surface area contributed by atoms with Gasteiger partial charge in [-0.25, -0.2) is 4.98 Å². The predicted octanol–water partition coefficient (Wildman–Crippen LogP) is 4.25. The van der Waals surface area contributed by atoms with E-state index < -0.39 is 6.04 Å². The third kappa shape index (κ3) is 5.22. The Morgan fingerprint density at radius 1 is 1.05 bits per heavy atom. The van der Waals surface area contributed by atoms with Crippen molar-refractivity contribution in [1.29, 1.82) is 0 Å². The summed E-state index contributed by atoms with van der Waals surface area (Å²) in [6, 6.07) is 13.6. The highest BCUT2D eigenvalue weighted by Gasteiger charge is 2.19. The molecule has 10 nitrogen and oxygen atoms in total. The number of pyridine rings is 1. The number of carbonyl (C=O) groups excluding carboxylic acids is 1. The number of aromatic amines is 3. The van der Waals surface area contributed by atoms with Crippen LogP contribution >= 0.6 is 0 Å². The summed E-state index contributed by atoms with van der Waals surface area (Å²) in [5.74, 6) is 0.133. The molecule has 0 bridgehead atoms. The average molecular weight is 549 g/mol. The molecule has 6 aromatic rings. The lowest BCUT2D eigenvalue weighted by atomic mass is 9.98. The number of carbonyl (C=O) groups is 1. The number of fused-ring (bicyclic) bond motifs is 2. The fraction of sp³-hybridized carbons (Fsp3) is 0.226. The smallest absolute Gasteiger partial charge is 0.269 e. The van der Waals surface area contributed by atoms with Crippen LogP contribution < -0.4 is 10.6 Å². The number of hydrogen-bond donors (Lipinski definition) is 6. The minimum Gasteiger partial charge on any atom is -0.394 e. The van der Waals surface area contributed by atoms with Gasteiger partial charge in [-0.3, -0.25) is 14.9 Å². The lowest BCUT2D eigenvalue weighted by Crippen LogP contribution is -2.39. The quantitative estimate of drug-likeness (QED) is 0.151. The van der Waals surface area contributed by atoms with Crippen molar-refractivity contribution in [3.05, 3.63) is 89.6 Å². The van der Waals surface area contributed by atoms with E-state index in [1.807, 2.05) is 48.9 Å². The molecule has 208 valence electrons. The summed E-state index contributed by atoms with van der Waals surface area (Å²) in [6.45, 7) is 5.66. The summed E-state index contributed by atoms with van der Waals surface area (Å²) in [6.07, 6.45) is 7.69. The second-order valence-electron chi connectivity index (χ2n) is 10.1. The van der Waals surface area contributed by atoms with Gasteiger partial charge in [-0.2, -0.15) is 5.10 Å². The van der Waals surface area contributed by atoms with E-state index in [1.165, 1.54) is 11.8 Å². The van der Waals surface area contributed by atoms with Gasteiger partial charge in [-0.1, -0.05) is 31.2 Å². The topological polar surface area (TPSA) is 147 Å². The highest BCUT2D eigenvalue weighted by atomic mass is 16.3. The maximum absolute atomic E-state index is 13.1. The van der Waals surface area contributed by atoms with E-state index >= 15 is 0 Å². The summed E-state index contributed by atoms with van der Waals surface area (Å²) in [5, 5.41) is 25.8. The molecule has 0 saturated carbocycles. The number of benzene rings is 2. The van der Waals surface area contributed by atoms with Crippen LogP contribution in [-0.2, 0) is 13.0 Å². The van der Waals surface area contributed by atoms with Crippen molar-refractivity contribution in [3.63, 3.8) is 0 Å². The molecular formula is C31H32N8O2. The summed E-state index contributed by atoms with van der Waals surface area (Å²) < 4.78 is 0. The lowest BCUT2D eigenvalue weighted by molar-refractivity contribution is 0.0912. The lowest BCUT2D eigenvalue weighted by Gasteiger charge is -2.15. The van der Waals surface area contributed by atoms with Gasteiger partial charge in [0.05, 0.1) is 24.4 Å². The Bertz CT molecular complexity index is 1830. The molecule has 41 heavy (non-hydrogen) atoms. The fourth-order valence-corrected chi connectivity index (χ4v) is 5.21. The minimum atomic E-state index is -0.456. The molecule has 1 amide bonds. The number of aliphatic hydroxyl groups is 1. The number of nitrogens with one attached hydrogen (secondary N) is 5. The molecule has 2 aromatic carbocycles. The number of amides is 1. The summed E-state index contributed by atoms with van der Waals surface area (Å²) in [7, 11) is 0. The SMILES string of the molecule is CCNCc1cncc(-c2ccc3[nH]nc(-c4ncc(C(=O)N[C@H](CO)Cc5c[nH]c6ccccc56)[nH]4)c3c2)c1C. The molecule has 6 rings (SSSR count). The molecule has 0 radical (unpaired) electrons. The van der Waals surface area contributed by atoms with Crippen molar-refractivity contribution in [3.8, 4) is 22.6 Å². The number of aliphatic hydroxyl groups excluding tert-OH is 1. The Hall–Kier alpha value is -4.80. The molecular weight excluding hydrogens is 516 g/mol. The zero-order chi connectivity index (χ0) is 28.3. The van der Waals surface area contributed by atoms with Crippen LogP contribution in [0.25, 0.3) is 44.5 Å². The second kappa shape index (κ2) is 11.4. The van der Waals surface area contributed by atoms with Crippen LogP contribution in [0.3, 0.4) is 0 Å². The second-order valence-corrected chi connectivity index (χ2v) is 10.1. The van der Waals surface area contributed by atoms with Crippen molar-refractivity contribution in [2.75, 3.05) is 13.2 Å². The monoisotopic (exact) mass is 548 g/mol. The Kier molecular flexibility index (Phi) is 7.32. The predicted molar refractivity (Wildman–Crippen MR) is 159 cm³/mol. The Morgan fingerprint density at radius 3 is 2.78 bits per heavy atom. The van der Waals surface area contributed by atoms with Gasteiger partial charge >= 0.3 is 0 Å². The molecule has 0 unspecified atom stereocenters. The molecule has 0 spiro atoms. The van der Waals surface area contributed by atoms with Crippen LogP contribution in [0.15, 0.2) is 67.3 Å². The van der Waals surface area contributed by atoms with Crippen LogP contribution in [0.4, 0.5) is 0 Å². The molecule has 1 atom stereocenters. The van der Waals surface area contributed by atoms with E-state index in [-0.39, 0.29) is 12.5 Å². The maximum Gasteiger partial charge on any atom is 0.269 e. The van der Waals surface area contributed by atoms with Gasteiger partial charge in [0.25, 0.3) is 5.91 Å². The molecule has 6 N–H and O–H groups in total. The third-order valence-electron chi connectivity index (χ3n) is 7.50. The molecule has 4 aromatic heterocycles. The first-order valence-electron chi connectivity index (χ1n) is 13.7. The largest absolute Gasteiger partial charge is 0.394 e. The first-order valence-corrected chi connectivity index (χ1v) is 13.7. The molecule has 0 aliphatic carbocycles. The minimum absolute atomic E-state index is 0.191. The Balaban J connectivity index is 1.23. The number of H-pyrrole nitrogens is 3. The summed E-state index contributed by atoms with van der Waals surface area (Å²) in [5.41, 5.74) is 8.23. The van der Waals surface area contributed by atoms with Gasteiger partial charge < -0.3 is 25.7 Å².